The third-order valence-electron chi connectivity index (χ3n) is 3.00. The minimum atomic E-state index is -0.0238. The summed E-state index contributed by atoms with van der Waals surface area (Å²) < 4.78 is 0. The Morgan fingerprint density at radius 3 is 2.78 bits per heavy atom. The molecule has 1 amide bonds. The molecule has 0 saturated carbocycles. The van der Waals surface area contributed by atoms with Crippen LogP contribution in [0.25, 0.3) is 0 Å². The molecule has 18 heavy (non-hydrogen) atoms. The van der Waals surface area contributed by atoms with Gasteiger partial charge in [-0.3, -0.25) is 4.79 Å². The normalized spacial score (nSPS) is 10.3. The SMILES string of the molecule is Cc1ccsc1C(=O)NCc1cccc(N)c1C. The summed E-state index contributed by atoms with van der Waals surface area (Å²) >= 11 is 1.46. The largest absolute Gasteiger partial charge is 0.399 e. The summed E-state index contributed by atoms with van der Waals surface area (Å²) in [6.07, 6.45) is 0. The van der Waals surface area contributed by atoms with E-state index in [2.05, 4.69) is 5.32 Å². The van der Waals surface area contributed by atoms with Gasteiger partial charge in [0.25, 0.3) is 5.91 Å². The van der Waals surface area contributed by atoms with Crippen LogP contribution in [0.4, 0.5) is 5.69 Å². The van der Waals surface area contributed by atoms with Crippen molar-refractivity contribution in [3.63, 3.8) is 0 Å². The van der Waals surface area contributed by atoms with Gasteiger partial charge in [0, 0.05) is 12.2 Å². The highest BCUT2D eigenvalue weighted by molar-refractivity contribution is 7.12. The third kappa shape index (κ3) is 2.54. The first-order chi connectivity index (χ1) is 8.59. The number of rotatable bonds is 3. The lowest BCUT2D eigenvalue weighted by Crippen LogP contribution is -2.23. The Kier molecular flexibility index (Phi) is 3.67. The number of hydrogen-bond donors (Lipinski definition) is 2. The van der Waals surface area contributed by atoms with Crippen LogP contribution in [0, 0.1) is 13.8 Å². The summed E-state index contributed by atoms with van der Waals surface area (Å²) in [5, 5.41) is 4.85. The van der Waals surface area contributed by atoms with E-state index in [4.69, 9.17) is 5.73 Å². The first-order valence-electron chi connectivity index (χ1n) is 5.76. The van der Waals surface area contributed by atoms with E-state index in [0.717, 1.165) is 27.3 Å². The molecule has 3 nitrogen and oxygen atoms in total. The van der Waals surface area contributed by atoms with Crippen molar-refractivity contribution in [3.8, 4) is 0 Å². The molecule has 1 aromatic heterocycles. The maximum absolute atomic E-state index is 12.0. The highest BCUT2D eigenvalue weighted by atomic mass is 32.1. The second kappa shape index (κ2) is 5.23. The molecule has 0 radical (unpaired) electrons. The lowest BCUT2D eigenvalue weighted by atomic mass is 10.1. The number of nitrogens with two attached hydrogens (primary N) is 1. The van der Waals surface area contributed by atoms with Gasteiger partial charge in [-0.05, 0) is 48.1 Å². The molecule has 0 unspecified atom stereocenters. The zero-order chi connectivity index (χ0) is 13.1. The number of benzene rings is 1. The van der Waals surface area contributed by atoms with E-state index in [9.17, 15) is 4.79 Å². The topological polar surface area (TPSA) is 55.1 Å². The molecular formula is C14H16N2OS. The molecule has 1 heterocycles. The Hall–Kier alpha value is -1.81. The number of carbonyl (C=O) groups is 1. The smallest absolute Gasteiger partial charge is 0.261 e. The fraction of sp³-hybridized carbons (Fsp3) is 0.214. The van der Waals surface area contributed by atoms with E-state index in [0.29, 0.717) is 6.54 Å². The molecule has 4 heteroatoms. The Bertz CT molecular complexity index is 575. The van der Waals surface area contributed by atoms with E-state index >= 15 is 0 Å². The molecular weight excluding hydrogens is 244 g/mol. The van der Waals surface area contributed by atoms with Crippen molar-refractivity contribution in [2.45, 2.75) is 20.4 Å². The number of nitrogen functional groups attached to an aromatic ring is 1. The Morgan fingerprint density at radius 2 is 2.11 bits per heavy atom. The standard InChI is InChI=1S/C14H16N2OS/c1-9-6-7-18-13(9)14(17)16-8-11-4-3-5-12(15)10(11)2/h3-7H,8,15H2,1-2H3,(H,16,17). The van der Waals surface area contributed by atoms with Crippen LogP contribution in [-0.4, -0.2) is 5.91 Å². The summed E-state index contributed by atoms with van der Waals surface area (Å²) in [5.74, 6) is -0.0238. The van der Waals surface area contributed by atoms with Gasteiger partial charge in [-0.25, -0.2) is 0 Å². The van der Waals surface area contributed by atoms with Crippen molar-refractivity contribution in [2.24, 2.45) is 0 Å². The fourth-order valence-corrected chi connectivity index (χ4v) is 2.60. The second-order valence-corrected chi connectivity index (χ2v) is 5.16. The third-order valence-corrected chi connectivity index (χ3v) is 4.01. The fourth-order valence-electron chi connectivity index (χ4n) is 1.76. The lowest BCUT2D eigenvalue weighted by molar-refractivity contribution is 0.0954. The zero-order valence-electron chi connectivity index (χ0n) is 10.5. The molecule has 2 aromatic rings. The molecule has 0 spiro atoms. The van der Waals surface area contributed by atoms with Gasteiger partial charge >= 0.3 is 0 Å². The molecule has 0 atom stereocenters. The lowest BCUT2D eigenvalue weighted by Gasteiger charge is -2.09. The second-order valence-electron chi connectivity index (χ2n) is 4.25. The monoisotopic (exact) mass is 260 g/mol. The van der Waals surface area contributed by atoms with Gasteiger partial charge in [-0.15, -0.1) is 11.3 Å². The van der Waals surface area contributed by atoms with Crippen LogP contribution in [0.1, 0.15) is 26.4 Å². The van der Waals surface area contributed by atoms with Crippen LogP contribution in [0.15, 0.2) is 29.6 Å². The molecule has 1 aromatic carbocycles. The molecule has 0 aliphatic carbocycles. The van der Waals surface area contributed by atoms with Crippen molar-refractivity contribution >= 4 is 22.9 Å². The van der Waals surface area contributed by atoms with E-state index in [1.807, 2.05) is 43.5 Å². The summed E-state index contributed by atoms with van der Waals surface area (Å²) in [6, 6.07) is 7.70. The predicted octanol–water partition coefficient (Wildman–Crippen LogP) is 2.88. The number of aryl methyl sites for hydroxylation is 1. The molecule has 0 aliphatic rings. The van der Waals surface area contributed by atoms with Crippen molar-refractivity contribution in [3.05, 3.63) is 51.2 Å². The molecule has 2 rings (SSSR count). The van der Waals surface area contributed by atoms with Crippen molar-refractivity contribution in [1.82, 2.24) is 5.32 Å². The van der Waals surface area contributed by atoms with Gasteiger partial charge in [0.2, 0.25) is 0 Å². The van der Waals surface area contributed by atoms with Gasteiger partial charge in [0.1, 0.15) is 0 Å². The molecule has 3 N–H and O–H groups in total. The van der Waals surface area contributed by atoms with Crippen molar-refractivity contribution in [2.75, 3.05) is 5.73 Å². The van der Waals surface area contributed by atoms with Crippen LogP contribution < -0.4 is 11.1 Å². The van der Waals surface area contributed by atoms with Gasteiger partial charge < -0.3 is 11.1 Å². The number of thiophene rings is 1. The van der Waals surface area contributed by atoms with Crippen LogP contribution >= 0.6 is 11.3 Å². The number of amides is 1. The summed E-state index contributed by atoms with van der Waals surface area (Å²) in [6.45, 7) is 4.41. The number of nitrogens with one attached hydrogen (secondary N) is 1. The van der Waals surface area contributed by atoms with Crippen LogP contribution in [0.5, 0.6) is 0 Å². The average Bonchev–Trinajstić information content (AvgIpc) is 2.77. The number of carbonyl (C=O) groups excluding carboxylic acids is 1. The van der Waals surface area contributed by atoms with Crippen molar-refractivity contribution < 1.29 is 4.79 Å². The van der Waals surface area contributed by atoms with Gasteiger partial charge in [-0.1, -0.05) is 12.1 Å². The highest BCUT2D eigenvalue weighted by Gasteiger charge is 2.10. The van der Waals surface area contributed by atoms with E-state index in [-0.39, 0.29) is 5.91 Å². The van der Waals surface area contributed by atoms with Gasteiger partial charge in [0.05, 0.1) is 4.88 Å². The Balaban J connectivity index is 2.06. The number of hydrogen-bond acceptors (Lipinski definition) is 3. The minimum absolute atomic E-state index is 0.0238. The van der Waals surface area contributed by atoms with Crippen LogP contribution in [0.3, 0.4) is 0 Å². The summed E-state index contributed by atoms with van der Waals surface area (Å²) in [7, 11) is 0. The zero-order valence-corrected chi connectivity index (χ0v) is 11.3. The van der Waals surface area contributed by atoms with Gasteiger partial charge in [0.15, 0.2) is 0 Å². The first-order valence-corrected chi connectivity index (χ1v) is 6.64. The Morgan fingerprint density at radius 1 is 1.33 bits per heavy atom. The van der Waals surface area contributed by atoms with E-state index in [1.165, 1.54) is 11.3 Å². The summed E-state index contributed by atoms with van der Waals surface area (Å²) in [4.78, 5) is 12.7. The molecule has 0 aliphatic heterocycles. The van der Waals surface area contributed by atoms with E-state index in [1.54, 1.807) is 0 Å². The first kappa shape index (κ1) is 12.6. The highest BCUT2D eigenvalue weighted by Crippen LogP contribution is 2.17. The summed E-state index contributed by atoms with van der Waals surface area (Å²) in [5.41, 5.74) is 9.69. The van der Waals surface area contributed by atoms with Crippen molar-refractivity contribution in [1.29, 1.82) is 0 Å². The maximum atomic E-state index is 12.0. The van der Waals surface area contributed by atoms with Crippen LogP contribution in [-0.2, 0) is 6.54 Å². The minimum Gasteiger partial charge on any atom is -0.399 e. The quantitative estimate of drug-likeness (QED) is 0.834. The molecule has 94 valence electrons. The van der Waals surface area contributed by atoms with E-state index < -0.39 is 0 Å². The molecule has 0 bridgehead atoms. The maximum Gasteiger partial charge on any atom is 0.261 e. The predicted molar refractivity (Wildman–Crippen MR) is 75.8 cm³/mol. The number of anilines is 1. The molecule has 0 fully saturated rings. The van der Waals surface area contributed by atoms with Gasteiger partial charge in [-0.2, -0.15) is 0 Å². The average molecular weight is 260 g/mol. The molecule has 0 saturated heterocycles. The Labute approximate surface area is 111 Å². The van der Waals surface area contributed by atoms with Crippen LogP contribution in [0.2, 0.25) is 0 Å².